The van der Waals surface area contributed by atoms with Gasteiger partial charge in [0, 0.05) is 18.7 Å². The Morgan fingerprint density at radius 1 is 1.35 bits per heavy atom. The van der Waals surface area contributed by atoms with Gasteiger partial charge in [0.1, 0.15) is 7.11 Å². The van der Waals surface area contributed by atoms with Gasteiger partial charge in [0.2, 0.25) is 0 Å². The molecule has 124 valence electrons. The highest BCUT2D eigenvalue weighted by Gasteiger charge is 2.29. The maximum absolute atomic E-state index is 12.6. The number of esters is 1. The van der Waals surface area contributed by atoms with Gasteiger partial charge in [-0.3, -0.25) is 9.59 Å². The zero-order valence-corrected chi connectivity index (χ0v) is 13.5. The summed E-state index contributed by atoms with van der Waals surface area (Å²) in [5.41, 5.74) is 1.45. The largest absolute Gasteiger partial charge is 0.466 e. The lowest BCUT2D eigenvalue weighted by atomic mass is 9.97. The van der Waals surface area contributed by atoms with Gasteiger partial charge in [-0.15, -0.1) is 0 Å². The highest BCUT2D eigenvalue weighted by molar-refractivity contribution is 5.95. The van der Waals surface area contributed by atoms with E-state index in [0.717, 1.165) is 18.4 Å². The van der Waals surface area contributed by atoms with Crippen LogP contribution in [0.4, 0.5) is 0 Å². The fraction of sp³-hybridized carbons (Fsp3) is 0.471. The number of nitrogens with zero attached hydrogens (tertiary/aromatic N) is 2. The molecule has 1 aromatic carbocycles. The SMILES string of the molecule is CCOC(=O)C1CCCN(C(=O)c2ccc(/C=N/OC)cc2)C1. The number of likely N-dealkylation sites (tertiary alicyclic amines) is 1. The Morgan fingerprint density at radius 3 is 2.74 bits per heavy atom. The van der Waals surface area contributed by atoms with E-state index >= 15 is 0 Å². The monoisotopic (exact) mass is 318 g/mol. The van der Waals surface area contributed by atoms with Gasteiger partial charge in [-0.05, 0) is 37.5 Å². The van der Waals surface area contributed by atoms with Gasteiger partial charge in [-0.25, -0.2) is 0 Å². The fourth-order valence-electron chi connectivity index (χ4n) is 2.62. The van der Waals surface area contributed by atoms with E-state index in [1.807, 2.05) is 12.1 Å². The first-order valence-corrected chi connectivity index (χ1v) is 7.78. The average Bonchev–Trinajstić information content (AvgIpc) is 2.60. The zero-order valence-electron chi connectivity index (χ0n) is 13.5. The normalized spacial score (nSPS) is 18.0. The minimum atomic E-state index is -0.222. The van der Waals surface area contributed by atoms with Crippen LogP contribution in [0, 0.1) is 5.92 Å². The minimum absolute atomic E-state index is 0.0609. The van der Waals surface area contributed by atoms with Gasteiger partial charge >= 0.3 is 5.97 Å². The molecule has 1 fully saturated rings. The predicted molar refractivity (Wildman–Crippen MR) is 86.3 cm³/mol. The van der Waals surface area contributed by atoms with Crippen molar-refractivity contribution in [1.29, 1.82) is 0 Å². The molecule has 0 N–H and O–H groups in total. The Balaban J connectivity index is 2.01. The van der Waals surface area contributed by atoms with Crippen LogP contribution in [-0.4, -0.2) is 49.8 Å². The Morgan fingerprint density at radius 2 is 2.09 bits per heavy atom. The molecule has 1 atom stereocenters. The van der Waals surface area contributed by atoms with Gasteiger partial charge in [0.05, 0.1) is 18.7 Å². The molecule has 6 heteroatoms. The number of oxime groups is 1. The van der Waals surface area contributed by atoms with E-state index in [1.165, 1.54) is 7.11 Å². The number of rotatable bonds is 5. The summed E-state index contributed by atoms with van der Waals surface area (Å²) in [6.07, 6.45) is 3.16. The van der Waals surface area contributed by atoms with E-state index in [1.54, 1.807) is 30.2 Å². The molecule has 1 saturated heterocycles. The van der Waals surface area contributed by atoms with Crippen LogP contribution in [0.5, 0.6) is 0 Å². The summed E-state index contributed by atoms with van der Waals surface area (Å²) < 4.78 is 5.07. The average molecular weight is 318 g/mol. The number of amides is 1. The lowest BCUT2D eigenvalue weighted by Gasteiger charge is -2.31. The fourth-order valence-corrected chi connectivity index (χ4v) is 2.62. The molecule has 0 saturated carbocycles. The molecule has 1 aromatic rings. The van der Waals surface area contributed by atoms with Crippen molar-refractivity contribution in [3.8, 4) is 0 Å². The van der Waals surface area contributed by atoms with Gasteiger partial charge in [-0.1, -0.05) is 17.3 Å². The number of piperidine rings is 1. The second-order valence-electron chi connectivity index (χ2n) is 5.38. The van der Waals surface area contributed by atoms with Gasteiger partial charge in [0.15, 0.2) is 0 Å². The first-order valence-electron chi connectivity index (χ1n) is 7.78. The molecular formula is C17H22N2O4. The molecule has 23 heavy (non-hydrogen) atoms. The smallest absolute Gasteiger partial charge is 0.310 e. The van der Waals surface area contributed by atoms with Crippen molar-refractivity contribution in [2.45, 2.75) is 19.8 Å². The Bertz CT molecular complexity index is 568. The topological polar surface area (TPSA) is 68.2 Å². The molecule has 0 aromatic heterocycles. The lowest BCUT2D eigenvalue weighted by Crippen LogP contribution is -2.42. The van der Waals surface area contributed by atoms with Crippen molar-refractivity contribution in [2.24, 2.45) is 11.1 Å². The number of ether oxygens (including phenoxy) is 1. The third kappa shape index (κ3) is 4.55. The standard InChI is InChI=1S/C17H22N2O4/c1-3-23-17(21)15-5-4-10-19(12-15)16(20)14-8-6-13(7-9-14)11-18-22-2/h6-9,11,15H,3-5,10,12H2,1-2H3/b18-11+. The lowest BCUT2D eigenvalue weighted by molar-refractivity contribution is -0.149. The third-order valence-electron chi connectivity index (χ3n) is 3.79. The quantitative estimate of drug-likeness (QED) is 0.473. The zero-order chi connectivity index (χ0) is 16.7. The molecule has 1 amide bonds. The minimum Gasteiger partial charge on any atom is -0.466 e. The van der Waals surface area contributed by atoms with Crippen molar-refractivity contribution in [3.05, 3.63) is 35.4 Å². The van der Waals surface area contributed by atoms with Crippen LogP contribution >= 0.6 is 0 Å². The first-order chi connectivity index (χ1) is 11.2. The van der Waals surface area contributed by atoms with Crippen molar-refractivity contribution >= 4 is 18.1 Å². The summed E-state index contributed by atoms with van der Waals surface area (Å²) >= 11 is 0. The highest BCUT2D eigenvalue weighted by Crippen LogP contribution is 2.20. The number of benzene rings is 1. The molecule has 0 spiro atoms. The van der Waals surface area contributed by atoms with Crippen LogP contribution in [0.25, 0.3) is 0 Å². The second kappa shape index (κ2) is 8.31. The van der Waals surface area contributed by atoms with Gasteiger partial charge in [-0.2, -0.15) is 0 Å². The molecule has 0 aliphatic carbocycles. The van der Waals surface area contributed by atoms with Crippen LogP contribution in [-0.2, 0) is 14.4 Å². The van der Waals surface area contributed by atoms with Crippen LogP contribution in [0.2, 0.25) is 0 Å². The van der Waals surface area contributed by atoms with Crippen molar-refractivity contribution in [1.82, 2.24) is 4.90 Å². The highest BCUT2D eigenvalue weighted by atomic mass is 16.6. The Hall–Kier alpha value is -2.37. The van der Waals surface area contributed by atoms with Crippen LogP contribution in [0.1, 0.15) is 35.7 Å². The molecule has 1 unspecified atom stereocenters. The molecule has 0 bridgehead atoms. The number of carbonyl (C=O) groups is 2. The molecule has 2 rings (SSSR count). The van der Waals surface area contributed by atoms with E-state index in [2.05, 4.69) is 9.99 Å². The van der Waals surface area contributed by atoms with Crippen LogP contribution < -0.4 is 0 Å². The van der Waals surface area contributed by atoms with Crippen LogP contribution in [0.15, 0.2) is 29.4 Å². The number of hydrogen-bond donors (Lipinski definition) is 0. The molecule has 6 nitrogen and oxygen atoms in total. The van der Waals surface area contributed by atoms with Gasteiger partial charge < -0.3 is 14.5 Å². The summed E-state index contributed by atoms with van der Waals surface area (Å²) in [6.45, 7) is 3.25. The van der Waals surface area contributed by atoms with Crippen LogP contribution in [0.3, 0.4) is 0 Å². The second-order valence-corrected chi connectivity index (χ2v) is 5.38. The molecule has 1 aliphatic heterocycles. The van der Waals surface area contributed by atoms with Crippen molar-refractivity contribution < 1.29 is 19.2 Å². The predicted octanol–water partition coefficient (Wildman–Crippen LogP) is 2.08. The molecule has 0 radical (unpaired) electrons. The van der Waals surface area contributed by atoms with E-state index in [4.69, 9.17) is 4.74 Å². The van der Waals surface area contributed by atoms with Crippen molar-refractivity contribution in [3.63, 3.8) is 0 Å². The van der Waals surface area contributed by atoms with E-state index in [9.17, 15) is 9.59 Å². The molecule has 1 heterocycles. The summed E-state index contributed by atoms with van der Waals surface area (Å²) in [5, 5.41) is 3.68. The molecular weight excluding hydrogens is 296 g/mol. The van der Waals surface area contributed by atoms with E-state index in [-0.39, 0.29) is 17.8 Å². The summed E-state index contributed by atoms with van der Waals surface area (Å²) in [6, 6.07) is 7.13. The Kier molecular flexibility index (Phi) is 6.14. The number of carbonyl (C=O) groups excluding carboxylic acids is 2. The van der Waals surface area contributed by atoms with Crippen molar-refractivity contribution in [2.75, 3.05) is 26.8 Å². The maximum atomic E-state index is 12.6. The Labute approximate surface area is 136 Å². The van der Waals surface area contributed by atoms with Gasteiger partial charge in [0.25, 0.3) is 5.91 Å². The summed E-state index contributed by atoms with van der Waals surface area (Å²) in [5.74, 6) is -0.494. The summed E-state index contributed by atoms with van der Waals surface area (Å²) in [7, 11) is 1.48. The van der Waals surface area contributed by atoms with E-state index < -0.39 is 0 Å². The summed E-state index contributed by atoms with van der Waals surface area (Å²) in [4.78, 5) is 30.8. The third-order valence-corrected chi connectivity index (χ3v) is 3.79. The maximum Gasteiger partial charge on any atom is 0.310 e. The van der Waals surface area contributed by atoms with E-state index in [0.29, 0.717) is 25.3 Å². The molecule has 1 aliphatic rings. The first kappa shape index (κ1) is 17.0. The number of hydrogen-bond acceptors (Lipinski definition) is 5.